The number of aromatic amines is 1. The number of carbonyl (C=O) groups is 1. The van der Waals surface area contributed by atoms with E-state index in [9.17, 15) is 9.59 Å². The van der Waals surface area contributed by atoms with Crippen molar-refractivity contribution in [3.05, 3.63) is 64.1 Å². The Morgan fingerprint density at radius 3 is 2.75 bits per heavy atom. The van der Waals surface area contributed by atoms with Crippen molar-refractivity contribution in [2.45, 2.75) is 19.0 Å². The van der Waals surface area contributed by atoms with E-state index in [0.717, 1.165) is 31.7 Å². The summed E-state index contributed by atoms with van der Waals surface area (Å²) in [5.74, 6) is 0.921. The molecule has 1 unspecified atom stereocenters. The number of carbonyl (C=O) groups excluding carboxylic acids is 1. The highest BCUT2D eigenvalue weighted by molar-refractivity contribution is 6.04. The molecule has 2 aliphatic rings. The molecule has 1 fully saturated rings. The highest BCUT2D eigenvalue weighted by atomic mass is 16.5. The van der Waals surface area contributed by atoms with Crippen molar-refractivity contribution in [3.8, 4) is 5.75 Å². The summed E-state index contributed by atoms with van der Waals surface area (Å²) in [6.45, 7) is 2.74. The zero-order valence-electron chi connectivity index (χ0n) is 18.0. The molecule has 0 saturated carbocycles. The number of hydrogen-bond donors (Lipinski definition) is 5. The summed E-state index contributed by atoms with van der Waals surface area (Å²) in [5, 5.41) is 12.2. The number of pyridine rings is 1. The number of anilines is 1. The van der Waals surface area contributed by atoms with Gasteiger partial charge in [-0.1, -0.05) is 0 Å². The van der Waals surface area contributed by atoms with E-state index in [0.29, 0.717) is 29.3 Å². The lowest BCUT2D eigenvalue weighted by atomic mass is 9.99. The Labute approximate surface area is 186 Å². The largest absolute Gasteiger partial charge is 0.493 e. The molecule has 2 aliphatic heterocycles. The quantitative estimate of drug-likeness (QED) is 0.449. The van der Waals surface area contributed by atoms with Gasteiger partial charge in [0.15, 0.2) is 0 Å². The van der Waals surface area contributed by atoms with Crippen molar-refractivity contribution in [2.24, 2.45) is 10.9 Å². The fourth-order valence-electron chi connectivity index (χ4n) is 3.66. The van der Waals surface area contributed by atoms with Crippen molar-refractivity contribution in [1.29, 1.82) is 0 Å². The van der Waals surface area contributed by atoms with Crippen LogP contribution in [0.5, 0.6) is 5.75 Å². The summed E-state index contributed by atoms with van der Waals surface area (Å²) in [6.07, 6.45) is 7.22. The number of aromatic nitrogens is 1. The molecule has 2 aromatic rings. The SMILES string of the molecule is CNC1C=C(c2c[nH]c(=O)c(NC(=O)c3ccc(OCC4CCNCC4)cc3)c2)N=CN1. The van der Waals surface area contributed by atoms with Crippen molar-refractivity contribution in [1.82, 2.24) is 20.9 Å². The van der Waals surface area contributed by atoms with Gasteiger partial charge < -0.3 is 25.7 Å². The Balaban J connectivity index is 1.40. The van der Waals surface area contributed by atoms with Gasteiger partial charge in [0, 0.05) is 17.3 Å². The van der Waals surface area contributed by atoms with Crippen LogP contribution in [0, 0.1) is 5.92 Å². The average molecular weight is 437 g/mol. The molecular weight excluding hydrogens is 408 g/mol. The lowest BCUT2D eigenvalue weighted by Gasteiger charge is -2.22. The molecule has 168 valence electrons. The van der Waals surface area contributed by atoms with Crippen LogP contribution in [0.25, 0.3) is 5.70 Å². The first kappa shape index (κ1) is 21.8. The smallest absolute Gasteiger partial charge is 0.271 e. The normalized spacial score (nSPS) is 18.5. The van der Waals surface area contributed by atoms with Gasteiger partial charge in [-0.05, 0) is 75.3 Å². The Bertz CT molecular complexity index is 1050. The molecule has 1 saturated heterocycles. The van der Waals surface area contributed by atoms with Gasteiger partial charge in [0.1, 0.15) is 11.4 Å². The molecule has 9 heteroatoms. The van der Waals surface area contributed by atoms with Gasteiger partial charge >= 0.3 is 0 Å². The van der Waals surface area contributed by atoms with Crippen LogP contribution in [0.15, 0.2) is 52.4 Å². The number of nitrogens with one attached hydrogen (secondary N) is 5. The molecular formula is C23H28N6O3. The zero-order chi connectivity index (χ0) is 22.3. The van der Waals surface area contributed by atoms with E-state index < -0.39 is 0 Å². The van der Waals surface area contributed by atoms with Crippen LogP contribution in [-0.4, -0.2) is 50.1 Å². The van der Waals surface area contributed by atoms with Crippen LogP contribution < -0.4 is 31.6 Å². The minimum absolute atomic E-state index is 0.0667. The van der Waals surface area contributed by atoms with Gasteiger partial charge in [0.25, 0.3) is 11.5 Å². The third-order valence-corrected chi connectivity index (χ3v) is 5.60. The van der Waals surface area contributed by atoms with Crippen molar-refractivity contribution < 1.29 is 9.53 Å². The lowest BCUT2D eigenvalue weighted by molar-refractivity contribution is 0.102. The molecule has 1 aromatic heterocycles. The van der Waals surface area contributed by atoms with Gasteiger partial charge in [-0.25, -0.2) is 4.99 Å². The molecule has 1 atom stereocenters. The molecule has 0 spiro atoms. The van der Waals surface area contributed by atoms with Gasteiger partial charge in [0.05, 0.1) is 24.8 Å². The molecule has 1 amide bonds. The number of ether oxygens (including phenoxy) is 1. The number of amides is 1. The van der Waals surface area contributed by atoms with Crippen molar-refractivity contribution in [3.63, 3.8) is 0 Å². The maximum atomic E-state index is 12.7. The summed E-state index contributed by atoms with van der Waals surface area (Å²) < 4.78 is 5.87. The molecule has 5 N–H and O–H groups in total. The summed E-state index contributed by atoms with van der Waals surface area (Å²) in [5.41, 5.74) is 1.60. The van der Waals surface area contributed by atoms with E-state index >= 15 is 0 Å². The van der Waals surface area contributed by atoms with Crippen molar-refractivity contribution >= 4 is 23.6 Å². The Hall–Kier alpha value is -3.43. The first-order chi connectivity index (χ1) is 15.6. The lowest BCUT2D eigenvalue weighted by Crippen LogP contribution is -2.39. The molecule has 1 aromatic carbocycles. The number of piperidine rings is 1. The minimum atomic E-state index is -0.382. The summed E-state index contributed by atoms with van der Waals surface area (Å²) in [7, 11) is 1.83. The molecule has 0 radical (unpaired) electrons. The van der Waals surface area contributed by atoms with E-state index in [2.05, 4.69) is 31.2 Å². The number of hydrogen-bond acceptors (Lipinski definition) is 7. The highest BCUT2D eigenvalue weighted by Gasteiger charge is 2.15. The van der Waals surface area contributed by atoms with Crippen LogP contribution in [0.2, 0.25) is 0 Å². The molecule has 32 heavy (non-hydrogen) atoms. The summed E-state index contributed by atoms with van der Waals surface area (Å²) in [4.78, 5) is 31.9. The Morgan fingerprint density at radius 1 is 1.22 bits per heavy atom. The zero-order valence-corrected chi connectivity index (χ0v) is 18.0. The number of likely N-dealkylation sites (N-methyl/N-ethyl adjacent to an activating group) is 1. The minimum Gasteiger partial charge on any atom is -0.493 e. The van der Waals surface area contributed by atoms with E-state index in [1.807, 2.05) is 13.1 Å². The number of H-pyrrole nitrogens is 1. The molecule has 9 nitrogen and oxygen atoms in total. The number of benzene rings is 1. The Morgan fingerprint density at radius 2 is 2.00 bits per heavy atom. The van der Waals surface area contributed by atoms with Crippen LogP contribution in [0.1, 0.15) is 28.8 Å². The van der Waals surface area contributed by atoms with Crippen LogP contribution in [-0.2, 0) is 0 Å². The standard InChI is InChI=1S/C23H28N6O3/c1-24-21-11-19(27-14-28-21)17-10-20(23(31)26-12-17)29-22(30)16-2-4-18(5-3-16)32-13-15-6-8-25-9-7-15/h2-5,10-12,14-15,21,24-25H,6-9,13H2,1H3,(H,26,31)(H,27,28)(H,29,30). The first-order valence-electron chi connectivity index (χ1n) is 10.8. The molecule has 0 bridgehead atoms. The second-order valence-electron chi connectivity index (χ2n) is 7.86. The van der Waals surface area contributed by atoms with Crippen molar-refractivity contribution in [2.75, 3.05) is 32.1 Å². The van der Waals surface area contributed by atoms with Gasteiger partial charge in [-0.3, -0.25) is 14.9 Å². The Kier molecular flexibility index (Phi) is 6.98. The summed E-state index contributed by atoms with van der Waals surface area (Å²) >= 11 is 0. The third-order valence-electron chi connectivity index (χ3n) is 5.60. The fraction of sp³-hybridized carbons (Fsp3) is 0.348. The maximum Gasteiger partial charge on any atom is 0.271 e. The first-order valence-corrected chi connectivity index (χ1v) is 10.8. The molecule has 4 rings (SSSR count). The highest BCUT2D eigenvalue weighted by Crippen LogP contribution is 2.20. The van der Waals surface area contributed by atoms with Crippen LogP contribution >= 0.6 is 0 Å². The van der Waals surface area contributed by atoms with E-state index in [4.69, 9.17) is 4.74 Å². The summed E-state index contributed by atoms with van der Waals surface area (Å²) in [6, 6.07) is 8.57. The van der Waals surface area contributed by atoms with E-state index in [1.54, 1.807) is 42.9 Å². The number of rotatable bonds is 7. The predicted octanol–water partition coefficient (Wildman–Crippen LogP) is 1.52. The average Bonchev–Trinajstić information content (AvgIpc) is 2.85. The predicted molar refractivity (Wildman–Crippen MR) is 125 cm³/mol. The topological polar surface area (TPSA) is 120 Å². The molecule has 0 aliphatic carbocycles. The van der Waals surface area contributed by atoms with Gasteiger partial charge in [-0.15, -0.1) is 0 Å². The maximum absolute atomic E-state index is 12.7. The van der Waals surface area contributed by atoms with E-state index in [-0.39, 0.29) is 23.3 Å². The monoisotopic (exact) mass is 436 g/mol. The second kappa shape index (κ2) is 10.3. The second-order valence-corrected chi connectivity index (χ2v) is 7.86. The third kappa shape index (κ3) is 5.43. The fourth-order valence-corrected chi connectivity index (χ4v) is 3.66. The van der Waals surface area contributed by atoms with Gasteiger partial charge in [0.2, 0.25) is 0 Å². The van der Waals surface area contributed by atoms with Crippen LogP contribution in [0.3, 0.4) is 0 Å². The molecule has 3 heterocycles. The van der Waals surface area contributed by atoms with E-state index in [1.165, 1.54) is 0 Å². The van der Waals surface area contributed by atoms with Gasteiger partial charge in [-0.2, -0.15) is 0 Å². The van der Waals surface area contributed by atoms with Crippen LogP contribution in [0.4, 0.5) is 5.69 Å². The number of aliphatic imine (C=N–C) groups is 1. The number of nitrogens with zero attached hydrogens (tertiary/aromatic N) is 1.